The highest BCUT2D eigenvalue weighted by atomic mass is 16.6. The molecule has 0 saturated carbocycles. The number of amides is 1. The van der Waals surface area contributed by atoms with Gasteiger partial charge in [0.2, 0.25) is 0 Å². The molecule has 3 aromatic carbocycles. The van der Waals surface area contributed by atoms with Crippen molar-refractivity contribution >= 4 is 11.8 Å². The minimum atomic E-state index is -0.232. The van der Waals surface area contributed by atoms with Crippen molar-refractivity contribution in [3.63, 3.8) is 0 Å². The van der Waals surface area contributed by atoms with Crippen LogP contribution in [0.2, 0.25) is 0 Å². The van der Waals surface area contributed by atoms with E-state index in [1.165, 1.54) is 11.1 Å². The summed E-state index contributed by atoms with van der Waals surface area (Å²) in [5, 5.41) is 3.72. The minimum absolute atomic E-state index is 0.0286. The molecule has 0 bridgehead atoms. The summed E-state index contributed by atoms with van der Waals surface area (Å²) in [6, 6.07) is 28.9. The third kappa shape index (κ3) is 3.35. The monoisotopic (exact) mass is 384 g/mol. The molecule has 5 rings (SSSR count). The Morgan fingerprint density at radius 3 is 2.41 bits per heavy atom. The Morgan fingerprint density at radius 1 is 0.931 bits per heavy atom. The van der Waals surface area contributed by atoms with Crippen LogP contribution >= 0.6 is 0 Å². The van der Waals surface area contributed by atoms with Crippen molar-refractivity contribution in [1.82, 2.24) is 4.90 Å². The van der Waals surface area contributed by atoms with Gasteiger partial charge in [-0.1, -0.05) is 78.9 Å². The predicted octanol–water partition coefficient (Wildman–Crippen LogP) is 5.55. The van der Waals surface area contributed by atoms with Gasteiger partial charge in [-0.25, -0.2) is 4.79 Å². The number of hydrogen-bond acceptors (Lipinski definition) is 3. The number of fused-ring (bicyclic) bond motifs is 3. The van der Waals surface area contributed by atoms with E-state index in [0.717, 1.165) is 17.7 Å². The van der Waals surface area contributed by atoms with Crippen molar-refractivity contribution in [3.8, 4) is 0 Å². The van der Waals surface area contributed by atoms with E-state index < -0.39 is 0 Å². The number of nitrogens with zero attached hydrogens (tertiary/aromatic N) is 1. The molecule has 1 N–H and O–H groups in total. The average Bonchev–Trinajstić information content (AvgIpc) is 3.24. The van der Waals surface area contributed by atoms with Gasteiger partial charge in [-0.2, -0.15) is 0 Å². The Kier molecular flexibility index (Phi) is 4.68. The van der Waals surface area contributed by atoms with Gasteiger partial charge >= 0.3 is 6.09 Å². The highest BCUT2D eigenvalue weighted by Crippen LogP contribution is 2.51. The molecule has 1 amide bonds. The molecule has 146 valence electrons. The summed E-state index contributed by atoms with van der Waals surface area (Å²) >= 11 is 0. The molecule has 3 atom stereocenters. The number of likely N-dealkylation sites (tertiary alicyclic amines) is 1. The van der Waals surface area contributed by atoms with Crippen LogP contribution < -0.4 is 5.32 Å². The van der Waals surface area contributed by atoms with Crippen LogP contribution in [0.25, 0.3) is 0 Å². The first-order valence-corrected chi connectivity index (χ1v) is 10.2. The maximum atomic E-state index is 13.0. The molecular formula is C25H24N2O2. The lowest BCUT2D eigenvalue weighted by atomic mass is 9.80. The van der Waals surface area contributed by atoms with Crippen LogP contribution in [0.3, 0.4) is 0 Å². The van der Waals surface area contributed by atoms with Crippen LogP contribution in [0.4, 0.5) is 10.5 Å². The fraction of sp³-hybridized carbons (Fsp3) is 0.240. The summed E-state index contributed by atoms with van der Waals surface area (Å²) in [6.45, 7) is 1.01. The van der Waals surface area contributed by atoms with Gasteiger partial charge < -0.3 is 15.0 Å². The predicted molar refractivity (Wildman–Crippen MR) is 113 cm³/mol. The molecule has 4 nitrogen and oxygen atoms in total. The van der Waals surface area contributed by atoms with Gasteiger partial charge in [0, 0.05) is 18.2 Å². The Labute approximate surface area is 171 Å². The van der Waals surface area contributed by atoms with E-state index in [2.05, 4.69) is 41.7 Å². The maximum Gasteiger partial charge on any atom is 0.410 e. The van der Waals surface area contributed by atoms with E-state index in [-0.39, 0.29) is 18.2 Å². The fourth-order valence-electron chi connectivity index (χ4n) is 4.72. The molecule has 1 fully saturated rings. The number of carbonyl (C=O) groups is 1. The lowest BCUT2D eigenvalue weighted by Crippen LogP contribution is -2.37. The van der Waals surface area contributed by atoms with Gasteiger partial charge in [-0.15, -0.1) is 0 Å². The summed E-state index contributed by atoms with van der Waals surface area (Å²) in [7, 11) is 0. The Hall–Kier alpha value is -3.27. The molecule has 0 aliphatic carbocycles. The highest BCUT2D eigenvalue weighted by molar-refractivity contribution is 5.71. The molecule has 2 aliphatic rings. The molecule has 4 heteroatoms. The fourth-order valence-corrected chi connectivity index (χ4v) is 4.72. The summed E-state index contributed by atoms with van der Waals surface area (Å²) in [5.74, 6) is 0.316. The second-order valence-electron chi connectivity index (χ2n) is 7.75. The van der Waals surface area contributed by atoms with Crippen molar-refractivity contribution in [2.75, 3.05) is 11.9 Å². The molecule has 1 saturated heterocycles. The standard InChI is InChI=1S/C25H24N2O2/c28-25(29-17-18-9-3-1-4-10-18)27-16-15-21-23(19-11-5-2-6-12-19)26-22-14-8-7-13-20(22)24(21)27/h1-14,21,23-24,26H,15-17H2/t21-,23+,24+/m0/s1. The molecule has 0 spiro atoms. The average molecular weight is 384 g/mol. The smallest absolute Gasteiger partial charge is 0.410 e. The summed E-state index contributed by atoms with van der Waals surface area (Å²) in [5.41, 5.74) is 4.55. The van der Waals surface area contributed by atoms with Crippen LogP contribution in [-0.4, -0.2) is 17.5 Å². The van der Waals surface area contributed by atoms with E-state index in [0.29, 0.717) is 19.1 Å². The first-order valence-electron chi connectivity index (χ1n) is 10.2. The van der Waals surface area contributed by atoms with Gasteiger partial charge in [0.05, 0.1) is 12.1 Å². The zero-order valence-electron chi connectivity index (χ0n) is 16.2. The molecule has 3 aromatic rings. The first-order chi connectivity index (χ1) is 14.3. The van der Waals surface area contributed by atoms with Crippen LogP contribution in [0, 0.1) is 5.92 Å². The number of anilines is 1. The van der Waals surface area contributed by atoms with Gasteiger partial charge in [0.25, 0.3) is 0 Å². The highest BCUT2D eigenvalue weighted by Gasteiger charge is 2.46. The number of nitrogens with one attached hydrogen (secondary N) is 1. The van der Waals surface area contributed by atoms with Crippen LogP contribution in [0.15, 0.2) is 84.9 Å². The normalized spacial score (nSPS) is 22.3. The quantitative estimate of drug-likeness (QED) is 0.643. The number of para-hydroxylation sites is 1. The van der Waals surface area contributed by atoms with Crippen molar-refractivity contribution in [1.29, 1.82) is 0 Å². The van der Waals surface area contributed by atoms with E-state index in [1.54, 1.807) is 0 Å². The number of benzene rings is 3. The molecule has 0 aromatic heterocycles. The third-order valence-corrected chi connectivity index (χ3v) is 6.06. The van der Waals surface area contributed by atoms with Crippen molar-refractivity contribution in [2.24, 2.45) is 5.92 Å². The minimum Gasteiger partial charge on any atom is -0.445 e. The molecule has 0 radical (unpaired) electrons. The molecule has 29 heavy (non-hydrogen) atoms. The van der Waals surface area contributed by atoms with Crippen LogP contribution in [0.5, 0.6) is 0 Å². The van der Waals surface area contributed by atoms with E-state index >= 15 is 0 Å². The van der Waals surface area contributed by atoms with Crippen LogP contribution in [0.1, 0.15) is 35.2 Å². The van der Waals surface area contributed by atoms with Crippen molar-refractivity contribution < 1.29 is 9.53 Å². The number of hydrogen-bond donors (Lipinski definition) is 1. The number of ether oxygens (including phenoxy) is 1. The Morgan fingerprint density at radius 2 is 1.62 bits per heavy atom. The summed E-state index contributed by atoms with van der Waals surface area (Å²) < 4.78 is 5.68. The Balaban J connectivity index is 1.42. The lowest BCUT2D eigenvalue weighted by Gasteiger charge is -2.39. The SMILES string of the molecule is O=C(OCc1ccccc1)N1CC[C@H]2[C@@H](c3ccccc3)Nc3ccccc3[C@H]21. The number of carbonyl (C=O) groups excluding carboxylic acids is 1. The third-order valence-electron chi connectivity index (χ3n) is 6.06. The van der Waals surface area contributed by atoms with E-state index in [1.807, 2.05) is 53.4 Å². The molecular weight excluding hydrogens is 360 g/mol. The van der Waals surface area contributed by atoms with E-state index in [9.17, 15) is 4.79 Å². The maximum absolute atomic E-state index is 13.0. The molecule has 2 aliphatic heterocycles. The zero-order chi connectivity index (χ0) is 19.6. The van der Waals surface area contributed by atoms with Crippen molar-refractivity contribution in [2.45, 2.75) is 25.1 Å². The van der Waals surface area contributed by atoms with Crippen molar-refractivity contribution in [3.05, 3.63) is 102 Å². The van der Waals surface area contributed by atoms with Gasteiger partial charge in [-0.05, 0) is 29.2 Å². The topological polar surface area (TPSA) is 41.6 Å². The summed E-state index contributed by atoms with van der Waals surface area (Å²) in [6.07, 6.45) is 0.719. The van der Waals surface area contributed by atoms with Gasteiger partial charge in [0.15, 0.2) is 0 Å². The largest absolute Gasteiger partial charge is 0.445 e. The first kappa shape index (κ1) is 17.8. The zero-order valence-corrected chi connectivity index (χ0v) is 16.2. The molecule has 0 unspecified atom stereocenters. The van der Waals surface area contributed by atoms with Crippen LogP contribution in [-0.2, 0) is 11.3 Å². The second-order valence-corrected chi connectivity index (χ2v) is 7.75. The van der Waals surface area contributed by atoms with Gasteiger partial charge in [0.1, 0.15) is 6.61 Å². The van der Waals surface area contributed by atoms with Gasteiger partial charge in [-0.3, -0.25) is 0 Å². The Bertz CT molecular complexity index is 990. The summed E-state index contributed by atoms with van der Waals surface area (Å²) in [4.78, 5) is 14.9. The number of rotatable bonds is 3. The van der Waals surface area contributed by atoms with E-state index in [4.69, 9.17) is 4.74 Å². The lowest BCUT2D eigenvalue weighted by molar-refractivity contribution is 0.0865. The molecule has 2 heterocycles. The second kappa shape index (κ2) is 7.63.